The first-order chi connectivity index (χ1) is 19.5. The predicted molar refractivity (Wildman–Crippen MR) is 152 cm³/mol. The molecule has 1 aromatic heterocycles. The number of aromatic amines is 1. The van der Waals surface area contributed by atoms with Crippen molar-refractivity contribution in [3.05, 3.63) is 124 Å². The first-order valence-corrected chi connectivity index (χ1v) is 12.8. The number of benzene rings is 1. The third kappa shape index (κ3) is 3.16. The van der Waals surface area contributed by atoms with Crippen LogP contribution in [0.15, 0.2) is 54.3 Å². The normalized spacial score (nSPS) is 18.0. The highest BCUT2D eigenvalue weighted by atomic mass is 35.5. The molecule has 0 fully saturated rings. The molecular formula is C30H20ClNO9. The molecule has 11 heteroatoms. The Labute approximate surface area is 233 Å². The van der Waals surface area contributed by atoms with Crippen molar-refractivity contribution in [3.8, 4) is 11.5 Å². The van der Waals surface area contributed by atoms with E-state index in [0.717, 1.165) is 13.2 Å². The molecule has 4 N–H and O–H groups in total. The molecule has 2 aromatic rings. The molecule has 1 aromatic carbocycles. The van der Waals surface area contributed by atoms with Crippen molar-refractivity contribution in [3.63, 3.8) is 0 Å². The number of halogens is 1. The van der Waals surface area contributed by atoms with E-state index in [1.807, 2.05) is 6.92 Å². The maximum Gasteiger partial charge on any atom is 0.260 e. The number of ether oxygens (including phenoxy) is 1. The van der Waals surface area contributed by atoms with Crippen LogP contribution in [0.3, 0.4) is 0 Å². The van der Waals surface area contributed by atoms with Crippen LogP contribution >= 0.6 is 11.6 Å². The molecule has 0 saturated carbocycles. The van der Waals surface area contributed by atoms with Gasteiger partial charge < -0.3 is 25.0 Å². The Morgan fingerprint density at radius 3 is 2.22 bits per heavy atom. The second kappa shape index (κ2) is 8.77. The van der Waals surface area contributed by atoms with Crippen LogP contribution in [0, 0.1) is 10.4 Å². The van der Waals surface area contributed by atoms with Gasteiger partial charge in [-0.05, 0) is 37.5 Å². The number of pyridine rings is 1. The third-order valence-electron chi connectivity index (χ3n) is 7.96. The SMILES string of the molecule is CC=CC=Cc1cc2c(Cl)c3c(c(O)c2c(=O)[nH]1)[C@@]1(CC3)C(O)=c2c(=O)c3c(=O)cc(OC)c(=O)c=3c(=O)c2=C1O. The number of phenolic OH excluding ortho intramolecular Hbond substituents is 1. The highest BCUT2D eigenvalue weighted by molar-refractivity contribution is 6.37. The molecule has 41 heavy (non-hydrogen) atoms. The molecule has 206 valence electrons. The van der Waals surface area contributed by atoms with Gasteiger partial charge in [-0.1, -0.05) is 29.8 Å². The molecule has 0 amide bonds. The van der Waals surface area contributed by atoms with Crippen LogP contribution in [-0.4, -0.2) is 27.4 Å². The third-order valence-corrected chi connectivity index (χ3v) is 8.39. The molecule has 4 aliphatic rings. The second-order valence-electron chi connectivity index (χ2n) is 9.91. The van der Waals surface area contributed by atoms with Crippen LogP contribution in [0.1, 0.15) is 30.2 Å². The summed E-state index contributed by atoms with van der Waals surface area (Å²) in [5.74, 6) is -2.65. The Hall–Kier alpha value is -4.96. The lowest BCUT2D eigenvalue weighted by Gasteiger charge is -2.27. The quantitative estimate of drug-likeness (QED) is 0.258. The van der Waals surface area contributed by atoms with Crippen molar-refractivity contribution in [2.45, 2.75) is 25.2 Å². The fourth-order valence-electron chi connectivity index (χ4n) is 6.17. The van der Waals surface area contributed by atoms with Gasteiger partial charge in [-0.3, -0.25) is 24.0 Å². The molecular weight excluding hydrogens is 554 g/mol. The minimum Gasteiger partial charge on any atom is -0.510 e. The topological polar surface area (TPSA) is 171 Å². The summed E-state index contributed by atoms with van der Waals surface area (Å²) in [5, 5.41) is 31.8. The summed E-state index contributed by atoms with van der Waals surface area (Å²) in [7, 11) is 1.12. The van der Waals surface area contributed by atoms with Crippen LogP contribution in [0.2, 0.25) is 5.02 Å². The van der Waals surface area contributed by atoms with Gasteiger partial charge in [-0.2, -0.15) is 0 Å². The van der Waals surface area contributed by atoms with E-state index in [9.17, 15) is 39.3 Å². The molecule has 6 rings (SSSR count). The van der Waals surface area contributed by atoms with E-state index in [4.69, 9.17) is 16.3 Å². The maximum absolute atomic E-state index is 13.6. The maximum atomic E-state index is 13.6. The first kappa shape index (κ1) is 26.3. The van der Waals surface area contributed by atoms with Gasteiger partial charge in [-0.25, -0.2) is 0 Å². The summed E-state index contributed by atoms with van der Waals surface area (Å²) < 4.78 is 4.89. The molecule has 1 spiro atoms. The monoisotopic (exact) mass is 573 g/mol. The molecule has 0 unspecified atom stereocenters. The van der Waals surface area contributed by atoms with Gasteiger partial charge in [-0.15, -0.1) is 0 Å². The largest absolute Gasteiger partial charge is 0.510 e. The average Bonchev–Trinajstić information content (AvgIpc) is 3.45. The molecule has 0 radical (unpaired) electrons. The standard InChI is InChI=1S/C30H20ClNO9/c1-3-4-5-6-11-9-13-16(29(40)32-11)26(37)21-12(22(13)31)7-8-30(21)27(38)19-20(28(30)39)25(36)18-17(24(19)35)14(33)10-15(41-2)23(18)34/h3-6,9-10,37-39H,7-8H2,1-2H3,(H,32,40)/t30-/m0/s1. The van der Waals surface area contributed by atoms with Gasteiger partial charge in [0.2, 0.25) is 16.3 Å². The van der Waals surface area contributed by atoms with Crippen molar-refractivity contribution in [1.29, 1.82) is 0 Å². The number of hydrogen-bond acceptors (Lipinski definition) is 9. The van der Waals surface area contributed by atoms with E-state index < -0.39 is 76.6 Å². The Morgan fingerprint density at radius 1 is 0.927 bits per heavy atom. The minimum atomic E-state index is -2.03. The Morgan fingerprint density at radius 2 is 1.59 bits per heavy atom. The number of methoxy groups -OCH3 is 1. The van der Waals surface area contributed by atoms with Crippen molar-refractivity contribution in [2.24, 2.45) is 0 Å². The molecule has 10 nitrogen and oxygen atoms in total. The lowest BCUT2D eigenvalue weighted by atomic mass is 9.78. The number of H-pyrrole nitrogens is 1. The predicted octanol–water partition coefficient (Wildman–Crippen LogP) is 0.756. The number of fused-ring (bicyclic) bond motifs is 4. The van der Waals surface area contributed by atoms with E-state index in [1.54, 1.807) is 30.4 Å². The Balaban J connectivity index is 1.78. The molecule has 1 heterocycles. The molecule has 0 saturated heterocycles. The highest BCUT2D eigenvalue weighted by Gasteiger charge is 2.53. The summed E-state index contributed by atoms with van der Waals surface area (Å²) in [6.07, 6.45) is 6.81. The number of aromatic hydroxyl groups is 1. The van der Waals surface area contributed by atoms with Crippen LogP contribution < -0.4 is 42.4 Å². The highest BCUT2D eigenvalue weighted by Crippen LogP contribution is 2.56. The number of aliphatic hydroxyl groups is 2. The lowest BCUT2D eigenvalue weighted by Crippen LogP contribution is -2.51. The fourth-order valence-corrected chi connectivity index (χ4v) is 6.51. The number of aliphatic hydroxyl groups excluding tert-OH is 2. The van der Waals surface area contributed by atoms with Gasteiger partial charge in [0.1, 0.15) is 22.7 Å². The number of nitrogens with one attached hydrogen (secondary N) is 1. The fraction of sp³-hybridized carbons (Fsp3) is 0.167. The van der Waals surface area contributed by atoms with E-state index in [-0.39, 0.29) is 39.8 Å². The van der Waals surface area contributed by atoms with Crippen molar-refractivity contribution < 1.29 is 20.1 Å². The van der Waals surface area contributed by atoms with Crippen LogP contribution in [0.4, 0.5) is 0 Å². The molecule has 0 bridgehead atoms. The summed E-state index contributed by atoms with van der Waals surface area (Å²) in [4.78, 5) is 68.6. The zero-order valence-corrected chi connectivity index (χ0v) is 22.3. The Kier molecular flexibility index (Phi) is 5.62. The molecule has 0 aliphatic heterocycles. The van der Waals surface area contributed by atoms with Gasteiger partial charge in [0.15, 0.2) is 11.2 Å². The van der Waals surface area contributed by atoms with Gasteiger partial charge >= 0.3 is 0 Å². The zero-order chi connectivity index (χ0) is 29.5. The molecule has 4 aliphatic carbocycles. The van der Waals surface area contributed by atoms with E-state index in [2.05, 4.69) is 4.98 Å². The summed E-state index contributed by atoms with van der Waals surface area (Å²) >= 11 is 6.75. The summed E-state index contributed by atoms with van der Waals surface area (Å²) in [6.45, 7) is 1.83. The lowest BCUT2D eigenvalue weighted by molar-refractivity contribution is 0.362. The van der Waals surface area contributed by atoms with Crippen molar-refractivity contribution >= 4 is 40.0 Å². The smallest absolute Gasteiger partial charge is 0.260 e. The number of aromatic nitrogens is 1. The minimum absolute atomic E-state index is 0.0751. The van der Waals surface area contributed by atoms with Gasteiger partial charge in [0.05, 0.1) is 38.4 Å². The Bertz CT molecular complexity index is 2410. The van der Waals surface area contributed by atoms with Crippen molar-refractivity contribution in [2.75, 3.05) is 7.11 Å². The number of hydrogen-bond donors (Lipinski definition) is 4. The summed E-state index contributed by atoms with van der Waals surface area (Å²) in [6, 6.07) is 2.35. The van der Waals surface area contributed by atoms with Crippen molar-refractivity contribution in [1.82, 2.24) is 4.98 Å². The number of allylic oxidation sites excluding steroid dienone is 3. The van der Waals surface area contributed by atoms with Gasteiger partial charge in [0.25, 0.3) is 5.56 Å². The van der Waals surface area contributed by atoms with Crippen LogP contribution in [-0.2, 0) is 11.8 Å². The molecule has 1 atom stereocenters. The second-order valence-corrected chi connectivity index (χ2v) is 10.3. The van der Waals surface area contributed by atoms with E-state index in [0.29, 0.717) is 5.69 Å². The van der Waals surface area contributed by atoms with E-state index in [1.165, 1.54) is 0 Å². The van der Waals surface area contributed by atoms with Crippen LogP contribution in [0.5, 0.6) is 11.5 Å². The summed E-state index contributed by atoms with van der Waals surface area (Å²) in [5.41, 5.74) is -6.45. The zero-order valence-electron chi connectivity index (χ0n) is 21.5. The van der Waals surface area contributed by atoms with Gasteiger partial charge in [0, 0.05) is 22.7 Å². The van der Waals surface area contributed by atoms with E-state index >= 15 is 0 Å². The first-order valence-electron chi connectivity index (χ1n) is 12.5. The average molecular weight is 574 g/mol. The number of rotatable bonds is 3. The number of phenols is 1. The van der Waals surface area contributed by atoms with Crippen LogP contribution in [0.25, 0.3) is 28.4 Å².